The third-order valence-corrected chi connectivity index (χ3v) is 5.56. The second kappa shape index (κ2) is 6.99. The summed E-state index contributed by atoms with van der Waals surface area (Å²) in [6.45, 7) is 12.9. The Morgan fingerprint density at radius 2 is 1.93 bits per heavy atom. The normalized spacial score (nSPS) is 19.2. The van der Waals surface area contributed by atoms with E-state index in [0.717, 1.165) is 24.2 Å². The smallest absolute Gasteiger partial charge is 0.287 e. The summed E-state index contributed by atoms with van der Waals surface area (Å²) in [7, 11) is 0. The second-order valence-corrected chi connectivity index (χ2v) is 9.26. The second-order valence-electron chi connectivity index (χ2n) is 8.88. The minimum atomic E-state index is -0.175. The monoisotopic (exact) mass is 392 g/mol. The van der Waals surface area contributed by atoms with Crippen LogP contribution in [0.5, 0.6) is 0 Å². The molecule has 0 unspecified atom stereocenters. The Morgan fingerprint density at radius 3 is 2.48 bits per heavy atom. The Hall–Kier alpha value is -1.79. The molecule has 3 heterocycles. The molecule has 0 bridgehead atoms. The van der Waals surface area contributed by atoms with E-state index in [9.17, 15) is 4.79 Å². The number of hydrogen-bond donors (Lipinski definition) is 2. The Bertz CT molecular complexity index is 834. The third-order valence-electron chi connectivity index (χ3n) is 5.01. The van der Waals surface area contributed by atoms with Crippen LogP contribution in [-0.4, -0.2) is 32.8 Å². The van der Waals surface area contributed by atoms with Crippen LogP contribution in [0.25, 0.3) is 0 Å². The first kappa shape index (κ1) is 20.0. The van der Waals surface area contributed by atoms with Gasteiger partial charge < -0.3 is 15.1 Å². The van der Waals surface area contributed by atoms with Crippen molar-refractivity contribution in [2.45, 2.75) is 78.0 Å². The number of rotatable bonds is 4. The average Bonchev–Trinajstić information content (AvgIpc) is 3.06. The summed E-state index contributed by atoms with van der Waals surface area (Å²) in [5.74, 6) is 0.825. The van der Waals surface area contributed by atoms with E-state index < -0.39 is 0 Å². The van der Waals surface area contributed by atoms with Gasteiger partial charge in [-0.05, 0) is 66.5 Å². The van der Waals surface area contributed by atoms with Crippen molar-refractivity contribution in [3.8, 4) is 0 Å². The van der Waals surface area contributed by atoms with Gasteiger partial charge in [0, 0.05) is 17.1 Å². The number of amides is 1. The first-order valence-corrected chi connectivity index (χ1v) is 9.72. The molecule has 2 aromatic heterocycles. The highest BCUT2D eigenvalue weighted by Gasteiger charge is 2.38. The van der Waals surface area contributed by atoms with Crippen LogP contribution < -0.4 is 10.6 Å². The lowest BCUT2D eigenvalue weighted by atomic mass is 9.79. The third kappa shape index (κ3) is 4.55. The molecule has 0 atom stereocenters. The molecular weight excluding hydrogens is 364 g/mol. The van der Waals surface area contributed by atoms with Crippen molar-refractivity contribution < 1.29 is 9.21 Å². The van der Waals surface area contributed by atoms with E-state index in [1.54, 1.807) is 10.7 Å². The van der Waals surface area contributed by atoms with Gasteiger partial charge in [0.15, 0.2) is 5.76 Å². The number of nitrogens with one attached hydrogen (secondary N) is 2. The molecule has 2 N–H and O–H groups in total. The van der Waals surface area contributed by atoms with Gasteiger partial charge in [0.05, 0.1) is 23.0 Å². The fourth-order valence-electron chi connectivity index (χ4n) is 4.24. The number of furan rings is 1. The van der Waals surface area contributed by atoms with Crippen LogP contribution in [0.4, 0.5) is 0 Å². The molecule has 1 amide bonds. The van der Waals surface area contributed by atoms with Gasteiger partial charge in [-0.15, -0.1) is 0 Å². The zero-order chi connectivity index (χ0) is 20.0. The van der Waals surface area contributed by atoms with Crippen LogP contribution >= 0.6 is 11.6 Å². The van der Waals surface area contributed by atoms with E-state index in [1.165, 1.54) is 0 Å². The van der Waals surface area contributed by atoms with E-state index in [2.05, 4.69) is 43.4 Å². The number of aryl methyl sites for hydroxylation is 1. The standard InChI is InChI=1S/C20H29ClN4O2/c1-12-17(21)13(2)25(23-12)11-15-7-8-16(27-15)18(26)22-14-9-19(3,4)24-20(5,6)10-14/h7-8,14,24H,9-11H2,1-6H3,(H,22,26). The number of piperidine rings is 1. The zero-order valence-electron chi connectivity index (χ0n) is 16.9. The quantitative estimate of drug-likeness (QED) is 0.829. The van der Waals surface area contributed by atoms with Gasteiger partial charge in [0.1, 0.15) is 5.76 Å². The molecule has 0 aromatic carbocycles. The molecule has 0 aliphatic carbocycles. The molecule has 148 valence electrons. The fraction of sp³-hybridized carbons (Fsp3) is 0.600. The number of halogens is 1. The molecule has 0 spiro atoms. The van der Waals surface area contributed by atoms with Crippen molar-refractivity contribution in [3.05, 3.63) is 40.1 Å². The minimum Gasteiger partial charge on any atom is -0.454 e. The van der Waals surface area contributed by atoms with Gasteiger partial charge in [-0.25, -0.2) is 0 Å². The predicted molar refractivity (Wildman–Crippen MR) is 106 cm³/mol. The van der Waals surface area contributed by atoms with Gasteiger partial charge in [0.2, 0.25) is 0 Å². The van der Waals surface area contributed by atoms with Crippen molar-refractivity contribution in [2.75, 3.05) is 0 Å². The number of nitrogens with zero attached hydrogens (tertiary/aromatic N) is 2. The van der Waals surface area contributed by atoms with Gasteiger partial charge in [-0.1, -0.05) is 11.6 Å². The van der Waals surface area contributed by atoms with Crippen LogP contribution in [-0.2, 0) is 6.54 Å². The molecule has 3 rings (SSSR count). The number of carbonyl (C=O) groups excluding carboxylic acids is 1. The van der Waals surface area contributed by atoms with Gasteiger partial charge in [-0.3, -0.25) is 9.48 Å². The summed E-state index contributed by atoms with van der Waals surface area (Å²) in [5.41, 5.74) is 1.62. The van der Waals surface area contributed by atoms with Gasteiger partial charge in [0.25, 0.3) is 5.91 Å². The highest BCUT2D eigenvalue weighted by atomic mass is 35.5. The summed E-state index contributed by atoms with van der Waals surface area (Å²) < 4.78 is 7.56. The Labute approximate surface area is 165 Å². The maximum Gasteiger partial charge on any atom is 0.287 e. The molecule has 7 heteroatoms. The molecule has 2 aromatic rings. The van der Waals surface area contributed by atoms with Crippen LogP contribution in [0, 0.1) is 13.8 Å². The predicted octanol–water partition coefficient (Wildman–Crippen LogP) is 3.83. The van der Waals surface area contributed by atoms with Crippen molar-refractivity contribution >= 4 is 17.5 Å². The van der Waals surface area contributed by atoms with Crippen LogP contribution in [0.15, 0.2) is 16.5 Å². The minimum absolute atomic E-state index is 0.0250. The summed E-state index contributed by atoms with van der Waals surface area (Å²) in [6, 6.07) is 3.64. The molecule has 0 radical (unpaired) electrons. The maximum atomic E-state index is 12.7. The lowest BCUT2D eigenvalue weighted by molar-refractivity contribution is 0.0844. The highest BCUT2D eigenvalue weighted by molar-refractivity contribution is 6.31. The maximum absolute atomic E-state index is 12.7. The van der Waals surface area contributed by atoms with Crippen molar-refractivity contribution in [3.63, 3.8) is 0 Å². The van der Waals surface area contributed by atoms with E-state index >= 15 is 0 Å². The molecule has 1 aliphatic rings. The van der Waals surface area contributed by atoms with Gasteiger partial charge in [-0.2, -0.15) is 5.10 Å². The molecule has 27 heavy (non-hydrogen) atoms. The summed E-state index contributed by atoms with van der Waals surface area (Å²) >= 11 is 6.19. The molecule has 6 nitrogen and oxygen atoms in total. The van der Waals surface area contributed by atoms with Gasteiger partial charge >= 0.3 is 0 Å². The van der Waals surface area contributed by atoms with Crippen molar-refractivity contribution in [1.82, 2.24) is 20.4 Å². The van der Waals surface area contributed by atoms with Crippen LogP contribution in [0.1, 0.15) is 68.2 Å². The molecule has 1 aliphatic heterocycles. The molecule has 1 saturated heterocycles. The lowest BCUT2D eigenvalue weighted by Crippen LogP contribution is -2.62. The van der Waals surface area contributed by atoms with E-state index in [-0.39, 0.29) is 23.0 Å². The Kier molecular flexibility index (Phi) is 5.16. The van der Waals surface area contributed by atoms with Crippen molar-refractivity contribution in [1.29, 1.82) is 0 Å². The van der Waals surface area contributed by atoms with E-state index in [1.807, 2.05) is 19.9 Å². The SMILES string of the molecule is Cc1nn(Cc2ccc(C(=O)NC3CC(C)(C)NC(C)(C)C3)o2)c(C)c1Cl. The summed E-state index contributed by atoms with van der Waals surface area (Å²) in [5, 5.41) is 11.8. The molecular formula is C20H29ClN4O2. The zero-order valence-corrected chi connectivity index (χ0v) is 17.7. The Morgan fingerprint density at radius 1 is 1.30 bits per heavy atom. The highest BCUT2D eigenvalue weighted by Crippen LogP contribution is 2.28. The lowest BCUT2D eigenvalue weighted by Gasteiger charge is -2.46. The fourth-order valence-corrected chi connectivity index (χ4v) is 4.38. The number of aromatic nitrogens is 2. The topological polar surface area (TPSA) is 72.1 Å². The Balaban J connectivity index is 1.67. The first-order chi connectivity index (χ1) is 12.5. The molecule has 0 saturated carbocycles. The van der Waals surface area contributed by atoms with E-state index in [0.29, 0.717) is 23.1 Å². The largest absolute Gasteiger partial charge is 0.454 e. The summed E-state index contributed by atoms with van der Waals surface area (Å²) in [6.07, 6.45) is 1.75. The van der Waals surface area contributed by atoms with E-state index in [4.69, 9.17) is 16.0 Å². The average molecular weight is 393 g/mol. The van der Waals surface area contributed by atoms with Crippen molar-refractivity contribution in [2.24, 2.45) is 0 Å². The summed E-state index contributed by atoms with van der Waals surface area (Å²) in [4.78, 5) is 12.7. The van der Waals surface area contributed by atoms with Crippen LogP contribution in [0.3, 0.4) is 0 Å². The number of hydrogen-bond acceptors (Lipinski definition) is 4. The first-order valence-electron chi connectivity index (χ1n) is 9.34. The molecule has 1 fully saturated rings. The number of carbonyl (C=O) groups is 1. The van der Waals surface area contributed by atoms with Crippen LogP contribution in [0.2, 0.25) is 5.02 Å².